The lowest BCUT2D eigenvalue weighted by Gasteiger charge is -2.27. The number of carbonyl (C=O) groups is 1. The van der Waals surface area contributed by atoms with Crippen LogP contribution in [0.3, 0.4) is 0 Å². The van der Waals surface area contributed by atoms with E-state index in [2.05, 4.69) is 20.8 Å². The Labute approximate surface area is 102 Å². The van der Waals surface area contributed by atoms with Crippen LogP contribution in [0.5, 0.6) is 0 Å². The zero-order chi connectivity index (χ0) is 12.6. The van der Waals surface area contributed by atoms with Crippen molar-refractivity contribution in [3.8, 4) is 0 Å². The molecule has 0 atom stereocenters. The molecule has 94 valence electrons. The van der Waals surface area contributed by atoms with Crippen molar-refractivity contribution in [3.05, 3.63) is 11.3 Å². The van der Waals surface area contributed by atoms with Gasteiger partial charge in [0.15, 0.2) is 0 Å². The van der Waals surface area contributed by atoms with Crippen LogP contribution < -0.4 is 0 Å². The van der Waals surface area contributed by atoms with E-state index in [1.807, 2.05) is 12.6 Å². The predicted octanol–water partition coefficient (Wildman–Crippen LogP) is 2.47. The van der Waals surface area contributed by atoms with Crippen LogP contribution in [-0.4, -0.2) is 29.2 Å². The molecule has 0 fully saturated rings. The van der Waals surface area contributed by atoms with E-state index in [-0.39, 0.29) is 0 Å². The van der Waals surface area contributed by atoms with Crippen LogP contribution in [0.2, 0.25) is 18.1 Å². The Bertz CT molecular complexity index is 248. The summed E-state index contributed by atoms with van der Waals surface area (Å²) in [5.74, 6) is -0.789. The van der Waals surface area contributed by atoms with Crippen molar-refractivity contribution in [1.82, 2.24) is 0 Å². The first-order valence-electron chi connectivity index (χ1n) is 6.14. The van der Waals surface area contributed by atoms with Crippen LogP contribution in [0, 0.1) is 0 Å². The van der Waals surface area contributed by atoms with Gasteiger partial charge in [-0.15, -0.1) is 0 Å². The predicted molar refractivity (Wildman–Crippen MR) is 72.8 cm³/mol. The fourth-order valence-corrected chi connectivity index (χ4v) is 7.92. The molecule has 0 spiro atoms. The number of aliphatic carboxylic acids is 1. The van der Waals surface area contributed by atoms with E-state index in [0.717, 1.165) is 18.1 Å². The number of carboxylic acids is 1. The molecule has 0 saturated carbocycles. The summed E-state index contributed by atoms with van der Waals surface area (Å²) in [7, 11) is -2.35. The molecule has 0 aromatic heterocycles. The molecule has 3 nitrogen and oxygen atoms in total. The minimum atomic E-state index is -1.89. The SMILES string of the molecule is CC[SiH2]O[Si](C=C(CC)C(=O)O)(CC)CC. The van der Waals surface area contributed by atoms with Gasteiger partial charge < -0.3 is 9.22 Å². The third kappa shape index (κ3) is 4.63. The maximum absolute atomic E-state index is 11.0. The third-order valence-corrected chi connectivity index (χ3v) is 9.68. The van der Waals surface area contributed by atoms with Gasteiger partial charge >= 0.3 is 5.97 Å². The van der Waals surface area contributed by atoms with E-state index in [0.29, 0.717) is 12.0 Å². The number of rotatable bonds is 8. The van der Waals surface area contributed by atoms with Crippen molar-refractivity contribution in [1.29, 1.82) is 0 Å². The Kier molecular flexibility index (Phi) is 7.62. The number of hydrogen-bond donors (Lipinski definition) is 1. The van der Waals surface area contributed by atoms with Gasteiger partial charge in [-0.2, -0.15) is 0 Å². The van der Waals surface area contributed by atoms with Gasteiger partial charge in [0.1, 0.15) is 9.76 Å². The lowest BCUT2D eigenvalue weighted by Crippen LogP contribution is -2.37. The summed E-state index contributed by atoms with van der Waals surface area (Å²) in [6, 6.07) is 3.08. The van der Waals surface area contributed by atoms with Gasteiger partial charge in [-0.3, -0.25) is 0 Å². The molecule has 0 aliphatic carbocycles. The molecule has 0 amide bonds. The molecule has 0 saturated heterocycles. The van der Waals surface area contributed by atoms with Crippen LogP contribution in [-0.2, 0) is 8.91 Å². The van der Waals surface area contributed by atoms with Crippen LogP contribution in [0.25, 0.3) is 0 Å². The second kappa shape index (κ2) is 7.81. The molecule has 0 aromatic rings. The highest BCUT2D eigenvalue weighted by molar-refractivity contribution is 6.82. The average molecular weight is 260 g/mol. The first-order valence-corrected chi connectivity index (χ1v) is 10.1. The molecule has 0 unspecified atom stereocenters. The summed E-state index contributed by atoms with van der Waals surface area (Å²) in [5.41, 5.74) is 2.50. The molecule has 0 bridgehead atoms. The number of hydrogen-bond acceptors (Lipinski definition) is 2. The highest BCUT2D eigenvalue weighted by atomic mass is 28.4. The standard InChI is InChI=1S/C11H24O3Si2/c1-5-10(11(12)13)9-16(7-3,8-4)14-15-6-2/h9H,5-8,15H2,1-4H3,(H,12,13). The molecule has 1 N–H and O–H groups in total. The summed E-state index contributed by atoms with van der Waals surface area (Å²) in [6.45, 7) is 8.26. The van der Waals surface area contributed by atoms with Gasteiger partial charge in [0.25, 0.3) is 0 Å². The summed E-state index contributed by atoms with van der Waals surface area (Å²) in [5, 5.41) is 9.06. The maximum Gasteiger partial charge on any atom is 0.330 e. The molecule has 0 aliphatic rings. The Morgan fingerprint density at radius 1 is 1.31 bits per heavy atom. The fourth-order valence-electron chi connectivity index (χ4n) is 1.64. The fraction of sp³-hybridized carbons (Fsp3) is 0.727. The van der Waals surface area contributed by atoms with E-state index < -0.39 is 24.0 Å². The molecule has 0 rings (SSSR count). The second-order valence-corrected chi connectivity index (χ2v) is 10.3. The Morgan fingerprint density at radius 2 is 1.88 bits per heavy atom. The molecule has 0 aromatic carbocycles. The highest BCUT2D eigenvalue weighted by Gasteiger charge is 2.29. The van der Waals surface area contributed by atoms with Crippen molar-refractivity contribution < 1.29 is 14.0 Å². The largest absolute Gasteiger partial charge is 0.478 e. The van der Waals surface area contributed by atoms with E-state index in [9.17, 15) is 4.79 Å². The van der Waals surface area contributed by atoms with E-state index in [1.165, 1.54) is 0 Å². The van der Waals surface area contributed by atoms with E-state index in [1.54, 1.807) is 0 Å². The van der Waals surface area contributed by atoms with Crippen LogP contribution in [0.1, 0.15) is 34.1 Å². The highest BCUT2D eigenvalue weighted by Crippen LogP contribution is 2.21. The normalized spacial score (nSPS) is 13.6. The Morgan fingerprint density at radius 3 is 2.19 bits per heavy atom. The second-order valence-electron chi connectivity index (χ2n) is 3.95. The minimum absolute atomic E-state index is 0.455. The van der Waals surface area contributed by atoms with E-state index >= 15 is 0 Å². The molecule has 0 radical (unpaired) electrons. The van der Waals surface area contributed by atoms with Gasteiger partial charge in [0, 0.05) is 5.57 Å². The van der Waals surface area contributed by atoms with Crippen molar-refractivity contribution in [2.24, 2.45) is 0 Å². The average Bonchev–Trinajstić information content (AvgIpc) is 2.30. The lowest BCUT2D eigenvalue weighted by atomic mass is 10.2. The summed E-state index contributed by atoms with van der Waals surface area (Å²) < 4.78 is 6.10. The topological polar surface area (TPSA) is 46.5 Å². The first kappa shape index (κ1) is 15.6. The zero-order valence-corrected chi connectivity index (χ0v) is 13.3. The van der Waals surface area contributed by atoms with Crippen molar-refractivity contribution in [3.63, 3.8) is 0 Å². The first-order chi connectivity index (χ1) is 7.55. The molecular formula is C11H24O3Si2. The van der Waals surface area contributed by atoms with Crippen molar-refractivity contribution in [2.75, 3.05) is 0 Å². The summed E-state index contributed by atoms with van der Waals surface area (Å²) in [4.78, 5) is 11.0. The Balaban J connectivity index is 4.94. The van der Waals surface area contributed by atoms with Gasteiger partial charge in [-0.05, 0) is 24.6 Å². The zero-order valence-electron chi connectivity index (χ0n) is 10.9. The molecule has 0 aliphatic heterocycles. The maximum atomic E-state index is 11.0. The van der Waals surface area contributed by atoms with Gasteiger partial charge in [0.2, 0.25) is 8.32 Å². The third-order valence-electron chi connectivity index (χ3n) is 2.88. The lowest BCUT2D eigenvalue weighted by molar-refractivity contribution is -0.132. The molecule has 16 heavy (non-hydrogen) atoms. The Hall–Kier alpha value is -0.396. The summed E-state index contributed by atoms with van der Waals surface area (Å²) in [6.07, 6.45) is 0.584. The van der Waals surface area contributed by atoms with Crippen LogP contribution in [0.4, 0.5) is 0 Å². The molecular weight excluding hydrogens is 236 g/mol. The van der Waals surface area contributed by atoms with Gasteiger partial charge in [-0.1, -0.05) is 33.4 Å². The van der Waals surface area contributed by atoms with E-state index in [4.69, 9.17) is 9.22 Å². The minimum Gasteiger partial charge on any atom is -0.478 e. The number of carboxylic acid groups (broad SMARTS) is 1. The quantitative estimate of drug-likeness (QED) is 0.539. The van der Waals surface area contributed by atoms with Crippen LogP contribution >= 0.6 is 0 Å². The summed E-state index contributed by atoms with van der Waals surface area (Å²) >= 11 is 0. The molecule has 0 heterocycles. The van der Waals surface area contributed by atoms with Gasteiger partial charge in [0.05, 0.1) is 0 Å². The smallest absolute Gasteiger partial charge is 0.330 e. The van der Waals surface area contributed by atoms with Crippen molar-refractivity contribution >= 4 is 24.0 Å². The molecule has 5 heteroatoms. The monoisotopic (exact) mass is 260 g/mol. The van der Waals surface area contributed by atoms with Crippen LogP contribution in [0.15, 0.2) is 11.3 Å². The van der Waals surface area contributed by atoms with Crippen molar-refractivity contribution in [2.45, 2.75) is 52.2 Å². The van der Waals surface area contributed by atoms with Gasteiger partial charge in [-0.25, -0.2) is 4.79 Å².